The van der Waals surface area contributed by atoms with Crippen LogP contribution in [0.15, 0.2) is 48.8 Å². The van der Waals surface area contributed by atoms with Crippen LogP contribution in [0.4, 0.5) is 4.79 Å². The van der Waals surface area contributed by atoms with Crippen LogP contribution in [0.2, 0.25) is 0 Å². The predicted molar refractivity (Wildman–Crippen MR) is 95.6 cm³/mol. The number of hydrogen-bond donors (Lipinski definition) is 0. The van der Waals surface area contributed by atoms with E-state index in [4.69, 9.17) is 0 Å². The summed E-state index contributed by atoms with van der Waals surface area (Å²) in [6.07, 6.45) is 3.64. The fourth-order valence-corrected chi connectivity index (χ4v) is 3.03. The van der Waals surface area contributed by atoms with Gasteiger partial charge in [-0.25, -0.2) is 4.79 Å². The minimum absolute atomic E-state index is 0.106. The van der Waals surface area contributed by atoms with Gasteiger partial charge in [0.05, 0.1) is 0 Å². The minimum atomic E-state index is 0.106. The largest absolute Gasteiger partial charge is 0.331 e. The first kappa shape index (κ1) is 16.5. The van der Waals surface area contributed by atoms with Crippen molar-refractivity contribution in [3.05, 3.63) is 54.4 Å². The monoisotopic (exact) mass is 324 g/mol. The predicted octanol–water partition coefficient (Wildman–Crippen LogP) is 2.55. The van der Waals surface area contributed by atoms with Crippen molar-refractivity contribution in [2.24, 2.45) is 0 Å². The highest BCUT2D eigenvalue weighted by atomic mass is 16.2. The molecule has 2 aromatic rings. The molecule has 0 unspecified atom stereocenters. The van der Waals surface area contributed by atoms with E-state index < -0.39 is 0 Å². The van der Waals surface area contributed by atoms with Crippen LogP contribution in [0.25, 0.3) is 11.1 Å². The highest BCUT2D eigenvalue weighted by molar-refractivity contribution is 5.73. The van der Waals surface area contributed by atoms with Crippen molar-refractivity contribution in [3.63, 3.8) is 0 Å². The summed E-state index contributed by atoms with van der Waals surface area (Å²) in [5.41, 5.74) is 3.71. The van der Waals surface area contributed by atoms with Crippen LogP contribution in [0.1, 0.15) is 5.56 Å². The molecule has 0 radical (unpaired) electrons. The number of aromatic nitrogens is 1. The Balaban J connectivity index is 1.61. The number of rotatable bonds is 3. The maximum atomic E-state index is 12.0. The molecule has 5 heteroatoms. The fourth-order valence-electron chi connectivity index (χ4n) is 3.03. The van der Waals surface area contributed by atoms with Gasteiger partial charge >= 0.3 is 6.03 Å². The quantitative estimate of drug-likeness (QED) is 0.871. The van der Waals surface area contributed by atoms with Gasteiger partial charge in [-0.15, -0.1) is 0 Å². The number of benzene rings is 1. The van der Waals surface area contributed by atoms with E-state index in [1.807, 2.05) is 29.4 Å². The standard InChI is InChI=1S/C19H24N4O/c1-21(2)19(24)23-12-10-22(11-13-23)15-16-4-3-5-18(14-16)17-6-8-20-9-7-17/h3-9,14H,10-13,15H2,1-2H3. The van der Waals surface area contributed by atoms with E-state index in [0.29, 0.717) is 0 Å². The van der Waals surface area contributed by atoms with E-state index in [9.17, 15) is 4.79 Å². The van der Waals surface area contributed by atoms with Crippen LogP contribution in [0.5, 0.6) is 0 Å². The Morgan fingerprint density at radius 2 is 1.75 bits per heavy atom. The first-order valence-electron chi connectivity index (χ1n) is 8.31. The molecule has 1 fully saturated rings. The molecule has 3 rings (SSSR count). The van der Waals surface area contributed by atoms with Gasteiger partial charge in [-0.1, -0.05) is 18.2 Å². The normalized spacial score (nSPS) is 15.3. The Morgan fingerprint density at radius 1 is 1.04 bits per heavy atom. The van der Waals surface area contributed by atoms with Crippen molar-refractivity contribution in [1.29, 1.82) is 0 Å². The molecule has 1 saturated heterocycles. The Kier molecular flexibility index (Phi) is 5.11. The smallest absolute Gasteiger partial charge is 0.319 e. The number of nitrogens with zero attached hydrogens (tertiary/aromatic N) is 4. The van der Waals surface area contributed by atoms with Gasteiger partial charge in [0.15, 0.2) is 0 Å². The summed E-state index contributed by atoms with van der Waals surface area (Å²) >= 11 is 0. The third kappa shape index (κ3) is 3.92. The summed E-state index contributed by atoms with van der Waals surface area (Å²) in [5, 5.41) is 0. The van der Waals surface area contributed by atoms with Gasteiger partial charge < -0.3 is 9.80 Å². The fraction of sp³-hybridized carbons (Fsp3) is 0.368. The van der Waals surface area contributed by atoms with Crippen LogP contribution >= 0.6 is 0 Å². The maximum Gasteiger partial charge on any atom is 0.319 e. The molecule has 1 aliphatic rings. The number of carbonyl (C=O) groups is 1. The molecule has 1 aromatic carbocycles. The molecular weight excluding hydrogens is 300 g/mol. The summed E-state index contributed by atoms with van der Waals surface area (Å²) in [7, 11) is 3.61. The lowest BCUT2D eigenvalue weighted by Gasteiger charge is -2.36. The number of carbonyl (C=O) groups excluding carboxylic acids is 1. The van der Waals surface area contributed by atoms with Crippen molar-refractivity contribution >= 4 is 6.03 Å². The number of urea groups is 1. The lowest BCUT2D eigenvalue weighted by molar-refractivity contribution is 0.120. The van der Waals surface area contributed by atoms with E-state index in [1.54, 1.807) is 19.0 Å². The zero-order chi connectivity index (χ0) is 16.9. The molecule has 24 heavy (non-hydrogen) atoms. The zero-order valence-electron chi connectivity index (χ0n) is 14.4. The van der Waals surface area contributed by atoms with Crippen LogP contribution in [-0.2, 0) is 6.54 Å². The average molecular weight is 324 g/mol. The van der Waals surface area contributed by atoms with E-state index in [0.717, 1.165) is 32.7 Å². The van der Waals surface area contributed by atoms with Gasteiger partial charge in [-0.05, 0) is 34.9 Å². The van der Waals surface area contributed by atoms with E-state index in [2.05, 4.69) is 34.1 Å². The molecular formula is C19H24N4O. The molecule has 5 nitrogen and oxygen atoms in total. The highest BCUT2D eigenvalue weighted by Gasteiger charge is 2.22. The van der Waals surface area contributed by atoms with E-state index in [-0.39, 0.29) is 6.03 Å². The Hall–Kier alpha value is -2.40. The van der Waals surface area contributed by atoms with Gasteiger partial charge in [-0.3, -0.25) is 9.88 Å². The summed E-state index contributed by atoms with van der Waals surface area (Å²) in [6, 6.07) is 12.8. The third-order valence-electron chi connectivity index (χ3n) is 4.37. The molecule has 1 aliphatic heterocycles. The molecule has 0 atom stereocenters. The summed E-state index contributed by atoms with van der Waals surface area (Å²) in [4.78, 5) is 22.0. The van der Waals surface area contributed by atoms with Crippen LogP contribution in [0.3, 0.4) is 0 Å². The lowest BCUT2D eigenvalue weighted by Crippen LogP contribution is -2.51. The molecule has 126 valence electrons. The Morgan fingerprint density at radius 3 is 2.42 bits per heavy atom. The summed E-state index contributed by atoms with van der Waals surface area (Å²) in [6.45, 7) is 4.34. The van der Waals surface area contributed by atoms with E-state index in [1.165, 1.54) is 16.7 Å². The lowest BCUT2D eigenvalue weighted by atomic mass is 10.0. The number of amides is 2. The second-order valence-corrected chi connectivity index (χ2v) is 6.38. The Bertz CT molecular complexity index is 679. The number of hydrogen-bond acceptors (Lipinski definition) is 3. The van der Waals surface area contributed by atoms with Gasteiger partial charge in [0.25, 0.3) is 0 Å². The van der Waals surface area contributed by atoms with Crippen LogP contribution < -0.4 is 0 Å². The minimum Gasteiger partial charge on any atom is -0.331 e. The summed E-state index contributed by atoms with van der Waals surface area (Å²) in [5.74, 6) is 0. The van der Waals surface area contributed by atoms with Crippen molar-refractivity contribution in [2.75, 3.05) is 40.3 Å². The summed E-state index contributed by atoms with van der Waals surface area (Å²) < 4.78 is 0. The van der Waals surface area contributed by atoms with Crippen LogP contribution in [-0.4, -0.2) is 66.0 Å². The molecule has 2 amide bonds. The number of piperazine rings is 1. The van der Waals surface area contributed by atoms with Crippen molar-refractivity contribution < 1.29 is 4.79 Å². The topological polar surface area (TPSA) is 39.7 Å². The van der Waals surface area contributed by atoms with Crippen molar-refractivity contribution in [2.45, 2.75) is 6.54 Å². The van der Waals surface area contributed by atoms with Gasteiger partial charge in [-0.2, -0.15) is 0 Å². The highest BCUT2D eigenvalue weighted by Crippen LogP contribution is 2.20. The SMILES string of the molecule is CN(C)C(=O)N1CCN(Cc2cccc(-c3ccncc3)c2)CC1. The van der Waals surface area contributed by atoms with Crippen molar-refractivity contribution in [3.8, 4) is 11.1 Å². The van der Waals surface area contributed by atoms with Gasteiger partial charge in [0.1, 0.15) is 0 Å². The second kappa shape index (κ2) is 7.45. The van der Waals surface area contributed by atoms with Gasteiger partial charge in [0.2, 0.25) is 0 Å². The number of pyridine rings is 1. The second-order valence-electron chi connectivity index (χ2n) is 6.38. The maximum absolute atomic E-state index is 12.0. The molecule has 0 spiro atoms. The molecule has 2 heterocycles. The molecule has 0 aliphatic carbocycles. The first-order valence-corrected chi connectivity index (χ1v) is 8.31. The third-order valence-corrected chi connectivity index (χ3v) is 4.37. The molecule has 1 aromatic heterocycles. The van der Waals surface area contributed by atoms with E-state index >= 15 is 0 Å². The Labute approximate surface area is 143 Å². The average Bonchev–Trinajstić information content (AvgIpc) is 2.63. The molecule has 0 bridgehead atoms. The van der Waals surface area contributed by atoms with Crippen molar-refractivity contribution in [1.82, 2.24) is 19.7 Å². The first-order chi connectivity index (χ1) is 11.6. The van der Waals surface area contributed by atoms with Gasteiger partial charge in [0, 0.05) is 59.2 Å². The zero-order valence-corrected chi connectivity index (χ0v) is 14.4. The molecule has 0 N–H and O–H groups in total. The van der Waals surface area contributed by atoms with Crippen LogP contribution in [0, 0.1) is 0 Å². The molecule has 0 saturated carbocycles.